The predicted molar refractivity (Wildman–Crippen MR) is 88.6 cm³/mol. The van der Waals surface area contributed by atoms with Gasteiger partial charge >= 0.3 is 5.97 Å². The number of nitro groups is 1. The van der Waals surface area contributed by atoms with Crippen molar-refractivity contribution >= 4 is 23.5 Å². The number of nitrogens with one attached hydrogen (secondary N) is 1. The topological polar surface area (TPSA) is 139 Å². The Labute approximate surface area is 148 Å². The van der Waals surface area contributed by atoms with Crippen LogP contribution in [0.3, 0.4) is 0 Å². The number of nitro benzene ring substituents is 1. The fraction of sp³-hybridized carbons (Fsp3) is 0.438. The van der Waals surface area contributed by atoms with Crippen molar-refractivity contribution in [3.8, 4) is 0 Å². The molecule has 10 heteroatoms. The van der Waals surface area contributed by atoms with Crippen LogP contribution in [0.4, 0.5) is 5.69 Å². The van der Waals surface area contributed by atoms with Crippen LogP contribution in [0.15, 0.2) is 24.3 Å². The minimum absolute atomic E-state index is 0.0230. The van der Waals surface area contributed by atoms with Gasteiger partial charge in [0.25, 0.3) is 11.6 Å². The van der Waals surface area contributed by atoms with Crippen molar-refractivity contribution in [2.75, 3.05) is 20.2 Å². The number of carbonyl (C=O) groups is 3. The van der Waals surface area contributed by atoms with Crippen molar-refractivity contribution in [2.24, 2.45) is 0 Å². The van der Waals surface area contributed by atoms with Crippen LogP contribution < -0.4 is 5.32 Å². The monoisotopic (exact) mass is 365 g/mol. The van der Waals surface area contributed by atoms with Gasteiger partial charge in [-0.15, -0.1) is 0 Å². The number of amides is 2. The highest BCUT2D eigenvalue weighted by atomic mass is 16.6. The molecule has 10 nitrogen and oxygen atoms in total. The molecule has 2 atom stereocenters. The zero-order chi connectivity index (χ0) is 19.3. The summed E-state index contributed by atoms with van der Waals surface area (Å²) in [5, 5.41) is 22.3. The van der Waals surface area contributed by atoms with Gasteiger partial charge in [-0.05, 0) is 12.1 Å². The minimum atomic E-state index is -1.09. The number of rotatable bonds is 7. The summed E-state index contributed by atoms with van der Waals surface area (Å²) in [6, 6.07) is 4.13. The first kappa shape index (κ1) is 19.3. The normalized spacial score (nSPS) is 19.2. The van der Waals surface area contributed by atoms with Crippen molar-refractivity contribution in [3.05, 3.63) is 39.9 Å². The Morgan fingerprint density at radius 2 is 2.00 bits per heavy atom. The van der Waals surface area contributed by atoms with Gasteiger partial charge in [-0.2, -0.15) is 0 Å². The average Bonchev–Trinajstić information content (AvgIpc) is 3.06. The summed E-state index contributed by atoms with van der Waals surface area (Å²) in [7, 11) is 1.46. The Hall–Kier alpha value is -3.01. The summed E-state index contributed by atoms with van der Waals surface area (Å²) in [4.78, 5) is 46.7. The predicted octanol–water partition coefficient (Wildman–Crippen LogP) is 0.415. The molecule has 1 aromatic carbocycles. The van der Waals surface area contributed by atoms with E-state index < -0.39 is 22.8 Å². The van der Waals surface area contributed by atoms with Crippen molar-refractivity contribution < 1.29 is 29.2 Å². The van der Waals surface area contributed by atoms with Crippen molar-refractivity contribution in [1.29, 1.82) is 0 Å². The Balaban J connectivity index is 1.86. The van der Waals surface area contributed by atoms with Gasteiger partial charge in [0.1, 0.15) is 6.04 Å². The number of hydrogen-bond donors (Lipinski definition) is 2. The molecule has 0 spiro atoms. The molecule has 1 fully saturated rings. The van der Waals surface area contributed by atoms with Crippen LogP contribution in [0.25, 0.3) is 0 Å². The van der Waals surface area contributed by atoms with E-state index in [4.69, 9.17) is 4.74 Å². The van der Waals surface area contributed by atoms with Crippen LogP contribution in [0.2, 0.25) is 0 Å². The molecule has 0 aromatic heterocycles. The van der Waals surface area contributed by atoms with Crippen molar-refractivity contribution in [3.63, 3.8) is 0 Å². The lowest BCUT2D eigenvalue weighted by molar-refractivity contribution is -0.384. The molecule has 26 heavy (non-hydrogen) atoms. The zero-order valence-electron chi connectivity index (χ0n) is 14.1. The number of ether oxygens (including phenoxy) is 1. The largest absolute Gasteiger partial charge is 0.480 e. The Morgan fingerprint density at radius 3 is 2.54 bits per heavy atom. The van der Waals surface area contributed by atoms with E-state index in [0.717, 1.165) is 0 Å². The van der Waals surface area contributed by atoms with Crippen LogP contribution in [-0.4, -0.2) is 65.1 Å². The number of carboxylic acid groups (broad SMARTS) is 1. The second-order valence-corrected chi connectivity index (χ2v) is 5.80. The summed E-state index contributed by atoms with van der Waals surface area (Å²) in [6.07, 6.45) is -0.152. The summed E-state index contributed by atoms with van der Waals surface area (Å²) in [5.41, 5.74) is 0.102. The lowest BCUT2D eigenvalue weighted by Crippen LogP contribution is -2.42. The molecule has 2 N–H and O–H groups in total. The maximum absolute atomic E-state index is 12.2. The molecule has 140 valence electrons. The van der Waals surface area contributed by atoms with Crippen LogP contribution in [0.1, 0.15) is 23.2 Å². The first-order valence-electron chi connectivity index (χ1n) is 7.91. The highest BCUT2D eigenvalue weighted by Crippen LogP contribution is 2.21. The van der Waals surface area contributed by atoms with E-state index in [9.17, 15) is 29.6 Å². The van der Waals surface area contributed by atoms with E-state index in [1.54, 1.807) is 0 Å². The molecule has 0 aliphatic carbocycles. The second kappa shape index (κ2) is 8.39. The maximum Gasteiger partial charge on any atom is 0.326 e. The molecule has 0 radical (unpaired) electrons. The molecule has 1 saturated heterocycles. The molecule has 1 heterocycles. The molecule has 2 amide bonds. The van der Waals surface area contributed by atoms with Crippen molar-refractivity contribution in [2.45, 2.75) is 25.0 Å². The van der Waals surface area contributed by atoms with Crippen molar-refractivity contribution in [1.82, 2.24) is 10.2 Å². The van der Waals surface area contributed by atoms with E-state index in [1.807, 2.05) is 0 Å². The van der Waals surface area contributed by atoms with Gasteiger partial charge in [-0.25, -0.2) is 4.79 Å². The number of methoxy groups -OCH3 is 1. The number of non-ortho nitro benzene ring substituents is 1. The lowest BCUT2D eigenvalue weighted by atomic mass is 10.2. The number of likely N-dealkylation sites (tertiary alicyclic amines) is 1. The lowest BCUT2D eigenvalue weighted by Gasteiger charge is -2.21. The first-order chi connectivity index (χ1) is 12.3. The van der Waals surface area contributed by atoms with Gasteiger partial charge < -0.3 is 20.1 Å². The van der Waals surface area contributed by atoms with E-state index in [-0.39, 0.29) is 49.2 Å². The smallest absolute Gasteiger partial charge is 0.326 e. The standard InChI is InChI=1S/C16H19N3O7/c1-26-12-8-13(16(22)23)18(9-12)14(20)6-7-17-15(21)10-2-4-11(5-3-10)19(24)25/h2-5,12-13H,6-9H2,1H3,(H,17,21)(H,22,23). The summed E-state index contributed by atoms with van der Waals surface area (Å²) >= 11 is 0. The molecule has 1 aliphatic rings. The SMILES string of the molecule is COC1CC(C(=O)O)N(C(=O)CCNC(=O)c2ccc([N+](=O)[O-])cc2)C1. The van der Waals surface area contributed by atoms with Gasteiger partial charge in [0.15, 0.2) is 0 Å². The van der Waals surface area contributed by atoms with Crippen LogP contribution in [0, 0.1) is 10.1 Å². The molecule has 2 rings (SSSR count). The molecule has 0 bridgehead atoms. The number of benzene rings is 1. The van der Waals surface area contributed by atoms with Gasteiger partial charge in [-0.3, -0.25) is 19.7 Å². The summed E-state index contributed by atoms with van der Waals surface area (Å²) in [5.74, 6) is -1.95. The third kappa shape index (κ3) is 4.54. The Kier molecular flexibility index (Phi) is 6.23. The van der Waals surface area contributed by atoms with E-state index >= 15 is 0 Å². The van der Waals surface area contributed by atoms with Crippen LogP contribution in [0.5, 0.6) is 0 Å². The zero-order valence-corrected chi connectivity index (χ0v) is 14.1. The minimum Gasteiger partial charge on any atom is -0.480 e. The average molecular weight is 365 g/mol. The Bertz CT molecular complexity index is 704. The van der Waals surface area contributed by atoms with E-state index in [0.29, 0.717) is 0 Å². The summed E-state index contributed by atoms with van der Waals surface area (Å²) in [6.45, 7) is 0.220. The quantitative estimate of drug-likeness (QED) is 0.527. The highest BCUT2D eigenvalue weighted by molar-refractivity contribution is 5.94. The molecular formula is C16H19N3O7. The number of nitrogens with zero attached hydrogens (tertiary/aromatic N) is 2. The number of carboxylic acids is 1. The summed E-state index contributed by atoms with van der Waals surface area (Å²) < 4.78 is 5.12. The number of aliphatic carboxylic acids is 1. The third-order valence-electron chi connectivity index (χ3n) is 4.17. The highest BCUT2D eigenvalue weighted by Gasteiger charge is 2.39. The van der Waals surface area contributed by atoms with Gasteiger partial charge in [0, 0.05) is 50.7 Å². The molecule has 0 saturated carbocycles. The molecule has 1 aromatic rings. The maximum atomic E-state index is 12.2. The van der Waals surface area contributed by atoms with E-state index in [1.165, 1.54) is 36.3 Å². The number of hydrogen-bond acceptors (Lipinski definition) is 6. The first-order valence-corrected chi connectivity index (χ1v) is 7.91. The van der Waals surface area contributed by atoms with Gasteiger partial charge in [0.05, 0.1) is 11.0 Å². The molecule has 2 unspecified atom stereocenters. The second-order valence-electron chi connectivity index (χ2n) is 5.80. The van der Waals surface area contributed by atoms with Gasteiger partial charge in [0.2, 0.25) is 5.91 Å². The van der Waals surface area contributed by atoms with Crippen LogP contribution in [-0.2, 0) is 14.3 Å². The van der Waals surface area contributed by atoms with E-state index in [2.05, 4.69) is 5.32 Å². The fourth-order valence-electron chi connectivity index (χ4n) is 2.74. The number of carbonyl (C=O) groups excluding carboxylic acids is 2. The molecular weight excluding hydrogens is 346 g/mol. The molecule has 1 aliphatic heterocycles. The third-order valence-corrected chi connectivity index (χ3v) is 4.17. The van der Waals surface area contributed by atoms with Crippen LogP contribution >= 0.6 is 0 Å². The van der Waals surface area contributed by atoms with Gasteiger partial charge in [-0.1, -0.05) is 0 Å². The Morgan fingerprint density at radius 1 is 1.35 bits per heavy atom. The fourth-order valence-corrected chi connectivity index (χ4v) is 2.74.